The molecule has 1 aromatic rings. The van der Waals surface area contributed by atoms with Crippen LogP contribution in [0.1, 0.15) is 46.1 Å². The minimum Gasteiger partial charge on any atom is -0.494 e. The van der Waals surface area contributed by atoms with E-state index in [4.69, 9.17) is 0 Å². The molecule has 8 nitrogen and oxygen atoms in total. The smallest absolute Gasteiger partial charge is 0.331 e. The summed E-state index contributed by atoms with van der Waals surface area (Å²) in [6.45, 7) is 11.5. The molecule has 0 spiro atoms. The van der Waals surface area contributed by atoms with Gasteiger partial charge in [0.25, 0.3) is 5.56 Å². The normalized spacial score (nSPS) is 12.0. The van der Waals surface area contributed by atoms with Gasteiger partial charge in [0.2, 0.25) is 5.88 Å². The van der Waals surface area contributed by atoms with Gasteiger partial charge in [0.15, 0.2) is 0 Å². The largest absolute Gasteiger partial charge is 0.494 e. The topological polar surface area (TPSA) is 103 Å². The summed E-state index contributed by atoms with van der Waals surface area (Å²) in [6, 6.07) is 0. The van der Waals surface area contributed by atoms with Crippen molar-refractivity contribution in [2.75, 3.05) is 26.2 Å². The van der Waals surface area contributed by atoms with E-state index in [1.807, 2.05) is 6.92 Å². The molecule has 0 amide bonds. The Morgan fingerprint density at radius 2 is 1.96 bits per heavy atom. The van der Waals surface area contributed by atoms with Crippen LogP contribution in [-0.2, 0) is 6.54 Å². The lowest BCUT2D eigenvalue weighted by Crippen LogP contribution is -2.34. The number of nitrogens with zero attached hydrogens (tertiary/aromatic N) is 3. The first-order valence-electron chi connectivity index (χ1n) is 8.52. The summed E-state index contributed by atoms with van der Waals surface area (Å²) in [4.78, 5) is 28.3. The molecule has 0 bridgehead atoms. The van der Waals surface area contributed by atoms with Gasteiger partial charge in [0.1, 0.15) is 5.56 Å². The lowest BCUT2D eigenvalue weighted by molar-refractivity contribution is 0.303. The number of likely N-dealkylation sites (N-methyl/N-ethyl adjacent to an activating group) is 1. The van der Waals surface area contributed by atoms with Crippen LogP contribution in [0.3, 0.4) is 0 Å². The van der Waals surface area contributed by atoms with E-state index < -0.39 is 11.2 Å². The first-order chi connectivity index (χ1) is 11.5. The van der Waals surface area contributed by atoms with Crippen LogP contribution in [0.5, 0.6) is 5.88 Å². The fourth-order valence-electron chi connectivity index (χ4n) is 2.39. The van der Waals surface area contributed by atoms with Crippen molar-refractivity contribution >= 4 is 5.71 Å². The van der Waals surface area contributed by atoms with E-state index in [9.17, 15) is 14.7 Å². The van der Waals surface area contributed by atoms with Gasteiger partial charge in [-0.3, -0.25) is 14.3 Å². The average Bonchev–Trinajstić information content (AvgIpc) is 2.54. The second kappa shape index (κ2) is 9.92. The van der Waals surface area contributed by atoms with Crippen LogP contribution >= 0.6 is 0 Å². The number of hydrazone groups is 1. The molecule has 1 aromatic heterocycles. The number of unbranched alkanes of at least 4 members (excludes halogenated alkanes) is 1. The van der Waals surface area contributed by atoms with Crippen molar-refractivity contribution in [3.63, 3.8) is 0 Å². The predicted octanol–water partition coefficient (Wildman–Crippen LogP) is 0.698. The third-order valence-corrected chi connectivity index (χ3v) is 3.95. The van der Waals surface area contributed by atoms with Crippen LogP contribution in [0.15, 0.2) is 14.7 Å². The molecule has 1 heterocycles. The zero-order valence-corrected chi connectivity index (χ0v) is 15.1. The fourth-order valence-corrected chi connectivity index (χ4v) is 2.39. The van der Waals surface area contributed by atoms with Crippen molar-refractivity contribution in [3.05, 3.63) is 26.4 Å². The molecule has 24 heavy (non-hydrogen) atoms. The summed E-state index contributed by atoms with van der Waals surface area (Å²) in [5, 5.41) is 14.4. The maximum Gasteiger partial charge on any atom is 0.331 e. The molecule has 136 valence electrons. The lowest BCUT2D eigenvalue weighted by Gasteiger charge is -2.17. The maximum atomic E-state index is 12.0. The number of aromatic amines is 1. The monoisotopic (exact) mass is 339 g/mol. The quantitative estimate of drug-likeness (QED) is 0.331. The van der Waals surface area contributed by atoms with Gasteiger partial charge < -0.3 is 15.4 Å². The number of hydrogen-bond acceptors (Lipinski definition) is 6. The molecule has 0 unspecified atom stereocenters. The van der Waals surface area contributed by atoms with Gasteiger partial charge in [0, 0.05) is 19.6 Å². The number of nitrogens with one attached hydrogen (secondary N) is 2. The van der Waals surface area contributed by atoms with Crippen LogP contribution in [0.25, 0.3) is 0 Å². The summed E-state index contributed by atoms with van der Waals surface area (Å²) in [7, 11) is 0. The summed E-state index contributed by atoms with van der Waals surface area (Å²) in [5.41, 5.74) is 2.06. The Kier molecular flexibility index (Phi) is 8.25. The summed E-state index contributed by atoms with van der Waals surface area (Å²) >= 11 is 0. The molecule has 0 radical (unpaired) electrons. The van der Waals surface area contributed by atoms with Crippen LogP contribution in [0.2, 0.25) is 0 Å². The SMILES string of the molecule is CCCCn1c(O)c(/C(C)=N/NCCN(CC)CC)c(=O)[nH]c1=O. The predicted molar refractivity (Wildman–Crippen MR) is 95.9 cm³/mol. The Bertz CT molecular complexity index is 659. The molecule has 3 N–H and O–H groups in total. The number of aromatic nitrogens is 2. The highest BCUT2D eigenvalue weighted by Crippen LogP contribution is 2.11. The van der Waals surface area contributed by atoms with E-state index in [0.717, 1.165) is 32.5 Å². The maximum absolute atomic E-state index is 12.0. The summed E-state index contributed by atoms with van der Waals surface area (Å²) in [5.74, 6) is -0.330. The van der Waals surface area contributed by atoms with Crippen LogP contribution < -0.4 is 16.7 Å². The molecule has 0 saturated heterocycles. The minimum atomic E-state index is -0.628. The van der Waals surface area contributed by atoms with Gasteiger partial charge in [-0.25, -0.2) is 4.79 Å². The van der Waals surface area contributed by atoms with Crippen molar-refractivity contribution in [1.82, 2.24) is 19.9 Å². The third kappa shape index (κ3) is 5.23. The lowest BCUT2D eigenvalue weighted by atomic mass is 10.2. The Balaban J connectivity index is 2.93. The van der Waals surface area contributed by atoms with Crippen molar-refractivity contribution < 1.29 is 5.11 Å². The van der Waals surface area contributed by atoms with E-state index in [-0.39, 0.29) is 11.4 Å². The zero-order chi connectivity index (χ0) is 18.1. The number of hydrogen-bond donors (Lipinski definition) is 3. The van der Waals surface area contributed by atoms with Crippen LogP contribution in [-0.4, -0.2) is 51.4 Å². The van der Waals surface area contributed by atoms with Crippen LogP contribution in [0, 0.1) is 0 Å². The second-order valence-electron chi connectivity index (χ2n) is 5.60. The van der Waals surface area contributed by atoms with Crippen molar-refractivity contribution in [2.45, 2.75) is 47.1 Å². The van der Waals surface area contributed by atoms with Gasteiger partial charge in [0.05, 0.1) is 5.71 Å². The van der Waals surface area contributed by atoms with Gasteiger partial charge in [-0.1, -0.05) is 27.2 Å². The van der Waals surface area contributed by atoms with Crippen molar-refractivity contribution in [3.8, 4) is 5.88 Å². The van der Waals surface area contributed by atoms with E-state index in [1.54, 1.807) is 6.92 Å². The van der Waals surface area contributed by atoms with E-state index in [2.05, 4.69) is 34.3 Å². The Morgan fingerprint density at radius 3 is 2.54 bits per heavy atom. The number of H-pyrrole nitrogens is 1. The van der Waals surface area contributed by atoms with Gasteiger partial charge in [-0.15, -0.1) is 0 Å². The van der Waals surface area contributed by atoms with Gasteiger partial charge in [-0.2, -0.15) is 5.10 Å². The van der Waals surface area contributed by atoms with Crippen LogP contribution in [0.4, 0.5) is 0 Å². The third-order valence-electron chi connectivity index (χ3n) is 3.95. The number of rotatable bonds is 10. The molecule has 0 aliphatic heterocycles. The molecule has 1 rings (SSSR count). The van der Waals surface area contributed by atoms with E-state index in [0.29, 0.717) is 18.8 Å². The van der Waals surface area contributed by atoms with E-state index >= 15 is 0 Å². The van der Waals surface area contributed by atoms with Gasteiger partial charge >= 0.3 is 5.69 Å². The molecule has 0 saturated carbocycles. The molecule has 0 aromatic carbocycles. The molecular formula is C16H29N5O3. The Morgan fingerprint density at radius 1 is 1.29 bits per heavy atom. The molecule has 0 atom stereocenters. The second-order valence-corrected chi connectivity index (χ2v) is 5.60. The summed E-state index contributed by atoms with van der Waals surface area (Å²) < 4.78 is 1.18. The minimum absolute atomic E-state index is 0.0287. The highest BCUT2D eigenvalue weighted by molar-refractivity contribution is 6.00. The van der Waals surface area contributed by atoms with Crippen molar-refractivity contribution in [2.24, 2.45) is 5.10 Å². The first kappa shape index (κ1) is 20.0. The fraction of sp³-hybridized carbons (Fsp3) is 0.688. The molecule has 8 heteroatoms. The Labute approximate surface area is 142 Å². The average molecular weight is 339 g/mol. The molecular weight excluding hydrogens is 310 g/mol. The van der Waals surface area contributed by atoms with Crippen molar-refractivity contribution in [1.29, 1.82) is 0 Å². The molecule has 0 aliphatic rings. The van der Waals surface area contributed by atoms with E-state index in [1.165, 1.54) is 4.57 Å². The Hall–Kier alpha value is -2.09. The molecule has 0 aliphatic carbocycles. The highest BCUT2D eigenvalue weighted by atomic mass is 16.3. The van der Waals surface area contributed by atoms with Gasteiger partial charge in [-0.05, 0) is 26.4 Å². The summed E-state index contributed by atoms with van der Waals surface area (Å²) in [6.07, 6.45) is 1.61. The number of aromatic hydroxyl groups is 1. The highest BCUT2D eigenvalue weighted by Gasteiger charge is 2.16. The molecule has 0 fully saturated rings. The standard InChI is InChI=1S/C16H29N5O3/c1-5-8-10-21-15(23)13(14(22)18-16(21)24)12(4)19-17-9-11-20(6-2)7-3/h17,23H,5-11H2,1-4H3,(H,18,22,24)/b19-12+. The first-order valence-corrected chi connectivity index (χ1v) is 8.52. The zero-order valence-electron chi connectivity index (χ0n) is 15.1.